The van der Waals surface area contributed by atoms with Crippen LogP contribution >= 0.6 is 0 Å². The SMILES string of the molecule is NC(=NC(=NCc1ccc(-c2ccccc2)c2oc3ccccc3c12)c1ccc(C2=CC3C=CC=CC3c3ccccc32)cc1)c1ccccc1. The second-order valence-electron chi connectivity index (χ2n) is 13.1. The zero-order chi connectivity index (χ0) is 34.1. The third kappa shape index (κ3) is 5.71. The lowest BCUT2D eigenvalue weighted by molar-refractivity contribution is 0.669. The second-order valence-corrected chi connectivity index (χ2v) is 13.1. The van der Waals surface area contributed by atoms with Gasteiger partial charge in [0, 0.05) is 39.3 Å². The largest absolute Gasteiger partial charge is 0.455 e. The van der Waals surface area contributed by atoms with Crippen molar-refractivity contribution in [2.24, 2.45) is 21.6 Å². The molecule has 2 atom stereocenters. The van der Waals surface area contributed by atoms with Gasteiger partial charge in [-0.2, -0.15) is 0 Å². The van der Waals surface area contributed by atoms with Gasteiger partial charge in [0.1, 0.15) is 17.0 Å². The van der Waals surface area contributed by atoms with Crippen LogP contribution < -0.4 is 5.73 Å². The maximum absolute atomic E-state index is 6.63. The average Bonchev–Trinajstić information content (AvgIpc) is 3.60. The number of hydrogen-bond acceptors (Lipinski definition) is 2. The molecule has 0 aliphatic heterocycles. The van der Waals surface area contributed by atoms with Gasteiger partial charge in [-0.15, -0.1) is 0 Å². The fraction of sp³-hybridized carbons (Fsp3) is 0.0638. The molecule has 0 saturated carbocycles. The van der Waals surface area contributed by atoms with Gasteiger partial charge in [0.15, 0.2) is 5.84 Å². The molecule has 51 heavy (non-hydrogen) atoms. The Kier molecular flexibility index (Phi) is 7.82. The topological polar surface area (TPSA) is 63.9 Å². The van der Waals surface area contributed by atoms with E-state index in [1.807, 2.05) is 48.5 Å². The molecule has 0 radical (unpaired) electrons. The molecular formula is C47H35N3O. The van der Waals surface area contributed by atoms with Crippen molar-refractivity contribution < 1.29 is 4.42 Å². The summed E-state index contributed by atoms with van der Waals surface area (Å²) in [5.74, 6) is 1.69. The monoisotopic (exact) mass is 657 g/mol. The summed E-state index contributed by atoms with van der Waals surface area (Å²) in [6, 6.07) is 50.1. The number of para-hydroxylation sites is 1. The molecule has 2 aliphatic rings. The van der Waals surface area contributed by atoms with Crippen molar-refractivity contribution in [3.63, 3.8) is 0 Å². The molecular weight excluding hydrogens is 623 g/mol. The molecule has 7 aromatic rings. The fourth-order valence-electron chi connectivity index (χ4n) is 7.47. The standard InChI is InChI=1S/C47H35N3O/c48-46(33-15-5-2-6-16-33)50-47(34-25-23-32(24-26-34)42-29-35-17-7-8-18-37(35)39-19-9-10-20-40(39)42)49-30-36-27-28-38(31-13-3-1-4-14-31)45-44(36)41-21-11-12-22-43(41)51-45/h1-29,35,37H,30H2,(H2,48,49,50). The van der Waals surface area contributed by atoms with E-state index < -0.39 is 0 Å². The summed E-state index contributed by atoms with van der Waals surface area (Å²) >= 11 is 0. The van der Waals surface area contributed by atoms with Crippen molar-refractivity contribution in [3.8, 4) is 11.1 Å². The van der Waals surface area contributed by atoms with Crippen molar-refractivity contribution in [1.82, 2.24) is 0 Å². The Morgan fingerprint density at radius 2 is 1.35 bits per heavy atom. The number of nitrogens with two attached hydrogens (primary N) is 1. The molecule has 244 valence electrons. The lowest BCUT2D eigenvalue weighted by Crippen LogP contribution is -2.17. The fourth-order valence-corrected chi connectivity index (χ4v) is 7.47. The van der Waals surface area contributed by atoms with Crippen LogP contribution in [0.4, 0.5) is 0 Å². The van der Waals surface area contributed by atoms with Crippen LogP contribution in [0.15, 0.2) is 190 Å². The Bertz CT molecular complexity index is 2550. The summed E-state index contributed by atoms with van der Waals surface area (Å²) in [7, 11) is 0. The number of furan rings is 1. The Morgan fingerprint density at radius 1 is 0.627 bits per heavy atom. The average molecular weight is 658 g/mol. The molecule has 2 aliphatic carbocycles. The van der Waals surface area contributed by atoms with Crippen LogP contribution in [-0.2, 0) is 6.54 Å². The van der Waals surface area contributed by atoms with Crippen molar-refractivity contribution >= 4 is 39.2 Å². The van der Waals surface area contributed by atoms with E-state index in [0.717, 1.165) is 55.3 Å². The zero-order valence-electron chi connectivity index (χ0n) is 28.0. The zero-order valence-corrected chi connectivity index (χ0v) is 28.0. The van der Waals surface area contributed by atoms with Crippen molar-refractivity contribution in [3.05, 3.63) is 209 Å². The van der Waals surface area contributed by atoms with E-state index in [4.69, 9.17) is 20.1 Å². The number of aliphatic imine (C=N–C) groups is 2. The van der Waals surface area contributed by atoms with Crippen molar-refractivity contribution in [2.45, 2.75) is 12.5 Å². The number of hydrogen-bond donors (Lipinski definition) is 1. The van der Waals surface area contributed by atoms with Gasteiger partial charge in [-0.1, -0.05) is 170 Å². The highest BCUT2D eigenvalue weighted by Gasteiger charge is 2.28. The molecule has 0 fully saturated rings. The van der Waals surface area contributed by atoms with Crippen molar-refractivity contribution in [1.29, 1.82) is 0 Å². The van der Waals surface area contributed by atoms with E-state index in [1.54, 1.807) is 0 Å². The number of fused-ring (bicyclic) bond motifs is 6. The predicted molar refractivity (Wildman–Crippen MR) is 211 cm³/mol. The van der Waals surface area contributed by atoms with Gasteiger partial charge in [0.05, 0.1) is 6.54 Å². The Hall–Kier alpha value is -6.52. The molecule has 1 aromatic heterocycles. The summed E-state index contributed by atoms with van der Waals surface area (Å²) in [4.78, 5) is 10.1. The van der Waals surface area contributed by atoms with Crippen LogP contribution in [0.25, 0.3) is 38.6 Å². The molecule has 9 rings (SSSR count). The van der Waals surface area contributed by atoms with Crippen LogP contribution in [-0.4, -0.2) is 11.7 Å². The summed E-state index contributed by atoms with van der Waals surface area (Å²) in [6.45, 7) is 0.402. The first-order valence-electron chi connectivity index (χ1n) is 17.4. The van der Waals surface area contributed by atoms with Gasteiger partial charge in [-0.25, -0.2) is 4.99 Å². The molecule has 2 N–H and O–H groups in total. The minimum Gasteiger partial charge on any atom is -0.455 e. The van der Waals surface area contributed by atoms with Gasteiger partial charge in [0.2, 0.25) is 0 Å². The summed E-state index contributed by atoms with van der Waals surface area (Å²) in [6.07, 6.45) is 11.3. The molecule has 0 saturated heterocycles. The van der Waals surface area contributed by atoms with Crippen LogP contribution in [0.2, 0.25) is 0 Å². The van der Waals surface area contributed by atoms with Gasteiger partial charge < -0.3 is 10.2 Å². The highest BCUT2D eigenvalue weighted by atomic mass is 16.3. The third-order valence-electron chi connectivity index (χ3n) is 9.99. The van der Waals surface area contributed by atoms with E-state index in [0.29, 0.717) is 30.1 Å². The van der Waals surface area contributed by atoms with E-state index in [1.165, 1.54) is 16.7 Å². The van der Waals surface area contributed by atoms with Gasteiger partial charge in [-0.05, 0) is 39.5 Å². The minimum absolute atomic E-state index is 0.330. The van der Waals surface area contributed by atoms with E-state index in [9.17, 15) is 0 Å². The maximum atomic E-state index is 6.63. The molecule has 1 heterocycles. The number of rotatable bonds is 6. The van der Waals surface area contributed by atoms with Crippen LogP contribution in [0.5, 0.6) is 0 Å². The Morgan fingerprint density at radius 3 is 2.20 bits per heavy atom. The molecule has 4 nitrogen and oxygen atoms in total. The maximum Gasteiger partial charge on any atom is 0.157 e. The lowest BCUT2D eigenvalue weighted by atomic mass is 9.73. The van der Waals surface area contributed by atoms with Crippen LogP contribution in [0.1, 0.15) is 39.3 Å². The first-order chi connectivity index (χ1) is 25.2. The minimum atomic E-state index is 0.330. The lowest BCUT2D eigenvalue weighted by Gasteiger charge is -2.31. The third-order valence-corrected chi connectivity index (χ3v) is 9.99. The molecule has 0 spiro atoms. The highest BCUT2D eigenvalue weighted by molar-refractivity contribution is 6.12. The van der Waals surface area contributed by atoms with Gasteiger partial charge >= 0.3 is 0 Å². The molecule has 6 aromatic carbocycles. The number of nitrogens with zero attached hydrogens (tertiary/aromatic N) is 2. The normalized spacial score (nSPS) is 17.0. The first-order valence-corrected chi connectivity index (χ1v) is 17.4. The first kappa shape index (κ1) is 30.5. The van der Waals surface area contributed by atoms with E-state index >= 15 is 0 Å². The van der Waals surface area contributed by atoms with Crippen LogP contribution in [0, 0.1) is 5.92 Å². The quantitative estimate of drug-likeness (QED) is 0.143. The molecule has 0 amide bonds. The van der Waals surface area contributed by atoms with Crippen LogP contribution in [0.3, 0.4) is 0 Å². The number of amidine groups is 2. The Balaban J connectivity index is 1.13. The van der Waals surface area contributed by atoms with Crippen molar-refractivity contribution in [2.75, 3.05) is 0 Å². The second kappa shape index (κ2) is 13.1. The van der Waals surface area contributed by atoms with E-state index in [2.05, 4.69) is 127 Å². The predicted octanol–water partition coefficient (Wildman–Crippen LogP) is 10.9. The number of benzene rings is 6. The summed E-state index contributed by atoms with van der Waals surface area (Å²) in [5.41, 5.74) is 18.4. The van der Waals surface area contributed by atoms with Gasteiger partial charge in [0.25, 0.3) is 0 Å². The van der Waals surface area contributed by atoms with E-state index in [-0.39, 0.29) is 0 Å². The smallest absolute Gasteiger partial charge is 0.157 e. The summed E-state index contributed by atoms with van der Waals surface area (Å²) < 4.78 is 6.51. The molecule has 2 unspecified atom stereocenters. The molecule has 4 heteroatoms. The van der Waals surface area contributed by atoms with Gasteiger partial charge in [-0.3, -0.25) is 4.99 Å². The highest BCUT2D eigenvalue weighted by Crippen LogP contribution is 2.43. The summed E-state index contributed by atoms with van der Waals surface area (Å²) in [5, 5.41) is 2.14. The molecule has 0 bridgehead atoms. The number of allylic oxidation sites excluding steroid dienone is 5. The Labute approximate surface area is 297 Å².